The number of carbonyl (C=O) groups is 1. The third-order valence-corrected chi connectivity index (χ3v) is 4.85. The first-order chi connectivity index (χ1) is 11.7. The van der Waals surface area contributed by atoms with Gasteiger partial charge in [-0.05, 0) is 57.7 Å². The predicted molar refractivity (Wildman–Crippen MR) is 101 cm³/mol. The summed E-state index contributed by atoms with van der Waals surface area (Å²) in [5, 5.41) is 17.8. The van der Waals surface area contributed by atoms with Crippen molar-refractivity contribution in [3.63, 3.8) is 0 Å². The first kappa shape index (κ1) is 18.1. The standard InChI is InChI=1S/C19H24BrN3O2/c1-12(13-7-8-13)21-18(24)17-10-16(14-5-4-6-15(20)9-14)22-23(17)11-19(2,3)25/h4-6,9-10,12-13,25H,7-8,11H2,1-3H3,(H,21,24)/t12-/m0/s1. The Bertz CT molecular complexity index is 775. The summed E-state index contributed by atoms with van der Waals surface area (Å²) in [5.74, 6) is 0.441. The first-order valence-electron chi connectivity index (χ1n) is 8.60. The van der Waals surface area contributed by atoms with Crippen LogP contribution in [0, 0.1) is 5.92 Å². The zero-order valence-corrected chi connectivity index (χ0v) is 16.4. The lowest BCUT2D eigenvalue weighted by molar-refractivity contribution is 0.0562. The third-order valence-electron chi connectivity index (χ3n) is 4.36. The van der Waals surface area contributed by atoms with Crippen LogP contribution in [0.5, 0.6) is 0 Å². The van der Waals surface area contributed by atoms with Crippen LogP contribution in [0.2, 0.25) is 0 Å². The Hall–Kier alpha value is -1.66. The highest BCUT2D eigenvalue weighted by Gasteiger charge is 2.30. The van der Waals surface area contributed by atoms with Gasteiger partial charge in [-0.3, -0.25) is 9.48 Å². The van der Waals surface area contributed by atoms with E-state index in [1.807, 2.05) is 31.2 Å². The normalized spacial score (nSPS) is 15.9. The first-order valence-corrected chi connectivity index (χ1v) is 9.39. The second-order valence-electron chi connectivity index (χ2n) is 7.49. The molecule has 1 aliphatic carbocycles. The number of halogens is 1. The molecule has 6 heteroatoms. The maximum absolute atomic E-state index is 12.7. The fourth-order valence-corrected chi connectivity index (χ4v) is 3.27. The number of nitrogens with zero attached hydrogens (tertiary/aromatic N) is 2. The van der Waals surface area contributed by atoms with Crippen LogP contribution in [0.1, 0.15) is 44.1 Å². The zero-order chi connectivity index (χ0) is 18.2. The van der Waals surface area contributed by atoms with E-state index in [1.54, 1.807) is 24.6 Å². The highest BCUT2D eigenvalue weighted by atomic mass is 79.9. The quantitative estimate of drug-likeness (QED) is 0.770. The molecule has 134 valence electrons. The molecule has 1 heterocycles. The minimum absolute atomic E-state index is 0.141. The van der Waals surface area contributed by atoms with Gasteiger partial charge >= 0.3 is 0 Å². The summed E-state index contributed by atoms with van der Waals surface area (Å²) >= 11 is 3.46. The van der Waals surface area contributed by atoms with Gasteiger partial charge in [0.2, 0.25) is 0 Å². The summed E-state index contributed by atoms with van der Waals surface area (Å²) in [4.78, 5) is 12.7. The zero-order valence-electron chi connectivity index (χ0n) is 14.8. The smallest absolute Gasteiger partial charge is 0.269 e. The number of amides is 1. The molecule has 1 atom stereocenters. The molecular weight excluding hydrogens is 382 g/mol. The second-order valence-corrected chi connectivity index (χ2v) is 8.41. The van der Waals surface area contributed by atoms with Crippen LogP contribution in [0.25, 0.3) is 11.3 Å². The average Bonchev–Trinajstić information content (AvgIpc) is 3.27. The van der Waals surface area contributed by atoms with Crippen molar-refractivity contribution in [2.75, 3.05) is 0 Å². The van der Waals surface area contributed by atoms with E-state index in [0.717, 1.165) is 15.7 Å². The van der Waals surface area contributed by atoms with Gasteiger partial charge in [-0.2, -0.15) is 5.10 Å². The van der Waals surface area contributed by atoms with Crippen molar-refractivity contribution >= 4 is 21.8 Å². The van der Waals surface area contributed by atoms with Crippen molar-refractivity contribution in [2.24, 2.45) is 5.92 Å². The number of hydrogen-bond donors (Lipinski definition) is 2. The Morgan fingerprint density at radius 3 is 2.76 bits per heavy atom. The Morgan fingerprint density at radius 2 is 2.16 bits per heavy atom. The number of hydrogen-bond acceptors (Lipinski definition) is 3. The SMILES string of the molecule is C[C@H](NC(=O)c1cc(-c2cccc(Br)c2)nn1CC(C)(C)O)C1CC1. The van der Waals surface area contributed by atoms with E-state index >= 15 is 0 Å². The summed E-state index contributed by atoms with van der Waals surface area (Å²) in [6.45, 7) is 5.72. The Labute approximate surface area is 156 Å². The number of aromatic nitrogens is 2. The van der Waals surface area contributed by atoms with Gasteiger partial charge in [-0.15, -0.1) is 0 Å². The summed E-state index contributed by atoms with van der Waals surface area (Å²) in [7, 11) is 0. The van der Waals surface area contributed by atoms with E-state index in [4.69, 9.17) is 0 Å². The molecule has 2 N–H and O–H groups in total. The van der Waals surface area contributed by atoms with Crippen molar-refractivity contribution in [1.82, 2.24) is 15.1 Å². The molecule has 0 unspecified atom stereocenters. The largest absolute Gasteiger partial charge is 0.389 e. The van der Waals surface area contributed by atoms with Gasteiger partial charge in [0, 0.05) is 16.1 Å². The minimum atomic E-state index is -0.961. The van der Waals surface area contributed by atoms with E-state index in [1.165, 1.54) is 12.8 Å². The molecule has 1 aliphatic rings. The van der Waals surface area contributed by atoms with Crippen LogP contribution in [-0.4, -0.2) is 32.4 Å². The van der Waals surface area contributed by atoms with Crippen LogP contribution in [0.4, 0.5) is 0 Å². The molecule has 0 radical (unpaired) electrons. The van der Waals surface area contributed by atoms with E-state index < -0.39 is 5.60 Å². The van der Waals surface area contributed by atoms with E-state index in [2.05, 4.69) is 26.3 Å². The molecular formula is C19H24BrN3O2. The molecule has 0 spiro atoms. The van der Waals surface area contributed by atoms with Crippen LogP contribution in [0.3, 0.4) is 0 Å². The van der Waals surface area contributed by atoms with Gasteiger partial charge in [-0.1, -0.05) is 28.1 Å². The Morgan fingerprint density at radius 1 is 1.44 bits per heavy atom. The molecule has 25 heavy (non-hydrogen) atoms. The molecule has 2 aromatic rings. The van der Waals surface area contributed by atoms with Gasteiger partial charge in [0.25, 0.3) is 5.91 Å². The topological polar surface area (TPSA) is 67.2 Å². The van der Waals surface area contributed by atoms with Crippen LogP contribution >= 0.6 is 15.9 Å². The van der Waals surface area contributed by atoms with Crippen LogP contribution < -0.4 is 5.32 Å². The maximum Gasteiger partial charge on any atom is 0.269 e. The molecule has 1 aromatic heterocycles. The van der Waals surface area contributed by atoms with Crippen molar-refractivity contribution < 1.29 is 9.90 Å². The monoisotopic (exact) mass is 405 g/mol. The van der Waals surface area contributed by atoms with Crippen LogP contribution in [0.15, 0.2) is 34.8 Å². The van der Waals surface area contributed by atoms with Gasteiger partial charge < -0.3 is 10.4 Å². The number of rotatable bonds is 6. The molecule has 1 aromatic carbocycles. The Balaban J connectivity index is 1.92. The molecule has 0 bridgehead atoms. The van der Waals surface area contributed by atoms with Gasteiger partial charge in [-0.25, -0.2) is 0 Å². The predicted octanol–water partition coefficient (Wildman–Crippen LogP) is 3.61. The highest BCUT2D eigenvalue weighted by molar-refractivity contribution is 9.10. The van der Waals surface area contributed by atoms with Crippen molar-refractivity contribution in [1.29, 1.82) is 0 Å². The lowest BCUT2D eigenvalue weighted by atomic mass is 10.1. The molecule has 5 nitrogen and oxygen atoms in total. The molecule has 1 fully saturated rings. The molecule has 1 amide bonds. The van der Waals surface area contributed by atoms with Gasteiger partial charge in [0.15, 0.2) is 0 Å². The summed E-state index contributed by atoms with van der Waals surface area (Å²) in [6.07, 6.45) is 2.35. The van der Waals surface area contributed by atoms with Crippen LogP contribution in [-0.2, 0) is 6.54 Å². The van der Waals surface area contributed by atoms with E-state index in [9.17, 15) is 9.90 Å². The van der Waals surface area contributed by atoms with Crippen molar-refractivity contribution in [3.8, 4) is 11.3 Å². The number of aliphatic hydroxyl groups is 1. The fraction of sp³-hybridized carbons (Fsp3) is 0.474. The van der Waals surface area contributed by atoms with E-state index in [0.29, 0.717) is 11.6 Å². The lowest BCUT2D eigenvalue weighted by Crippen LogP contribution is -2.37. The number of nitrogens with one attached hydrogen (secondary N) is 1. The Kier molecular flexibility index (Phi) is 5.02. The molecule has 3 rings (SSSR count). The van der Waals surface area contributed by atoms with Crippen molar-refractivity contribution in [3.05, 3.63) is 40.5 Å². The average molecular weight is 406 g/mol. The molecule has 1 saturated carbocycles. The fourth-order valence-electron chi connectivity index (χ4n) is 2.87. The molecule has 0 saturated heterocycles. The summed E-state index contributed by atoms with van der Waals surface area (Å²) in [6, 6.07) is 9.75. The summed E-state index contributed by atoms with van der Waals surface area (Å²) in [5.41, 5.74) is 1.16. The minimum Gasteiger partial charge on any atom is -0.389 e. The maximum atomic E-state index is 12.7. The van der Waals surface area contributed by atoms with E-state index in [-0.39, 0.29) is 18.5 Å². The lowest BCUT2D eigenvalue weighted by Gasteiger charge is -2.19. The van der Waals surface area contributed by atoms with Gasteiger partial charge in [0.1, 0.15) is 5.69 Å². The second kappa shape index (κ2) is 6.92. The molecule has 0 aliphatic heterocycles. The summed E-state index contributed by atoms with van der Waals surface area (Å²) < 4.78 is 2.56. The van der Waals surface area contributed by atoms with Gasteiger partial charge in [0.05, 0.1) is 17.8 Å². The third kappa shape index (κ3) is 4.70. The number of benzene rings is 1. The number of carbonyl (C=O) groups excluding carboxylic acids is 1. The van der Waals surface area contributed by atoms with Crippen molar-refractivity contribution in [2.45, 2.75) is 51.8 Å². The highest BCUT2D eigenvalue weighted by Crippen LogP contribution is 2.32.